The molecule has 0 spiro atoms. The molecule has 0 radical (unpaired) electrons. The molecule has 1 atom stereocenters. The molecule has 2 nitrogen and oxygen atoms in total. The number of carbonyl (C=O) groups excluding carboxylic acids is 1. The number of allylic oxidation sites excluding steroid dienone is 3. The van der Waals surface area contributed by atoms with Crippen LogP contribution >= 0.6 is 0 Å². The Labute approximate surface area is 47.7 Å². The van der Waals surface area contributed by atoms with Crippen molar-refractivity contribution in [2.75, 3.05) is 0 Å². The third-order valence-electron chi connectivity index (χ3n) is 1.14. The maximum Gasteiger partial charge on any atom is 0.132 e. The van der Waals surface area contributed by atoms with Gasteiger partial charge in [0.05, 0.1) is 5.92 Å². The van der Waals surface area contributed by atoms with E-state index >= 15 is 0 Å². The first-order chi connectivity index (χ1) is 3.84. The molecule has 1 aliphatic carbocycles. The molecule has 0 aromatic rings. The van der Waals surface area contributed by atoms with Crippen molar-refractivity contribution < 1.29 is 4.79 Å². The Bertz CT molecular complexity index is 158. The van der Waals surface area contributed by atoms with Crippen LogP contribution in [0.25, 0.3) is 0 Å². The Kier molecular flexibility index (Phi) is 1.16. The lowest BCUT2D eigenvalue weighted by Crippen LogP contribution is -2.07. The number of hydrogen-bond donors (Lipinski definition) is 1. The molecular weight excluding hydrogens is 102 g/mol. The highest BCUT2D eigenvalue weighted by molar-refractivity contribution is 5.63. The molecule has 1 aliphatic rings. The molecule has 0 saturated heterocycles. The van der Waals surface area contributed by atoms with E-state index in [-0.39, 0.29) is 5.92 Å². The van der Waals surface area contributed by atoms with Crippen LogP contribution in [0.5, 0.6) is 0 Å². The molecule has 0 aromatic heterocycles. The van der Waals surface area contributed by atoms with Crippen molar-refractivity contribution in [3.63, 3.8) is 0 Å². The summed E-state index contributed by atoms with van der Waals surface area (Å²) in [5.74, 6) is -0.157. The summed E-state index contributed by atoms with van der Waals surface area (Å²) in [4.78, 5) is 10.0. The molecule has 0 amide bonds. The van der Waals surface area contributed by atoms with Crippen LogP contribution in [0.3, 0.4) is 0 Å². The summed E-state index contributed by atoms with van der Waals surface area (Å²) in [6.07, 6.45) is 6.12. The van der Waals surface area contributed by atoms with Crippen molar-refractivity contribution in [3.05, 3.63) is 23.9 Å². The lowest BCUT2D eigenvalue weighted by molar-refractivity contribution is -0.109. The zero-order valence-corrected chi connectivity index (χ0v) is 4.37. The minimum absolute atomic E-state index is 0.157. The maximum absolute atomic E-state index is 10.0. The third kappa shape index (κ3) is 0.644. The predicted octanol–water partition coefficient (Wildman–Crippen LogP) is 0.214. The maximum atomic E-state index is 10.0. The van der Waals surface area contributed by atoms with Gasteiger partial charge in [-0.3, -0.25) is 0 Å². The first-order valence-corrected chi connectivity index (χ1v) is 2.44. The van der Waals surface area contributed by atoms with E-state index in [1.165, 1.54) is 0 Å². The fourth-order valence-corrected chi connectivity index (χ4v) is 0.633. The van der Waals surface area contributed by atoms with E-state index in [4.69, 9.17) is 5.73 Å². The molecule has 0 bridgehead atoms. The van der Waals surface area contributed by atoms with Crippen LogP contribution < -0.4 is 5.73 Å². The van der Waals surface area contributed by atoms with E-state index < -0.39 is 0 Å². The summed E-state index contributed by atoms with van der Waals surface area (Å²) in [5.41, 5.74) is 6.00. The average molecular weight is 109 g/mol. The van der Waals surface area contributed by atoms with E-state index in [9.17, 15) is 4.79 Å². The molecule has 0 aromatic carbocycles. The van der Waals surface area contributed by atoms with Gasteiger partial charge in [-0.05, 0) is 6.08 Å². The van der Waals surface area contributed by atoms with Gasteiger partial charge < -0.3 is 10.5 Å². The van der Waals surface area contributed by atoms with Crippen molar-refractivity contribution in [2.24, 2.45) is 11.7 Å². The summed E-state index contributed by atoms with van der Waals surface area (Å²) in [6, 6.07) is 0. The number of nitrogens with two attached hydrogens (primary N) is 1. The fraction of sp³-hybridized carbons (Fsp3) is 0.167. The Morgan fingerprint density at radius 2 is 2.50 bits per heavy atom. The van der Waals surface area contributed by atoms with Gasteiger partial charge >= 0.3 is 0 Å². The molecule has 0 unspecified atom stereocenters. The van der Waals surface area contributed by atoms with E-state index in [0.29, 0.717) is 5.70 Å². The third-order valence-corrected chi connectivity index (χ3v) is 1.14. The summed E-state index contributed by atoms with van der Waals surface area (Å²) in [5, 5.41) is 0. The minimum atomic E-state index is -0.157. The number of hydrogen-bond acceptors (Lipinski definition) is 2. The van der Waals surface area contributed by atoms with Crippen LogP contribution in [0.1, 0.15) is 0 Å². The largest absolute Gasteiger partial charge is 0.401 e. The van der Waals surface area contributed by atoms with Gasteiger partial charge in [-0.15, -0.1) is 0 Å². The van der Waals surface area contributed by atoms with Gasteiger partial charge in [-0.25, -0.2) is 0 Å². The Hall–Kier alpha value is -1.05. The molecule has 42 valence electrons. The predicted molar refractivity (Wildman–Crippen MR) is 31.0 cm³/mol. The summed E-state index contributed by atoms with van der Waals surface area (Å²) in [6.45, 7) is 0. The van der Waals surface area contributed by atoms with E-state index in [2.05, 4.69) is 0 Å². The fourth-order valence-electron chi connectivity index (χ4n) is 0.633. The normalized spacial score (nSPS) is 25.5. The SMILES string of the molecule is NC1=CC=C[C@H]1C=O. The molecule has 0 heterocycles. The van der Waals surface area contributed by atoms with Crippen LogP contribution in [-0.4, -0.2) is 6.29 Å². The van der Waals surface area contributed by atoms with Crippen molar-refractivity contribution in [2.45, 2.75) is 0 Å². The van der Waals surface area contributed by atoms with Gasteiger partial charge in [0.2, 0.25) is 0 Å². The zero-order valence-electron chi connectivity index (χ0n) is 4.37. The van der Waals surface area contributed by atoms with Crippen LogP contribution in [-0.2, 0) is 4.79 Å². The van der Waals surface area contributed by atoms with Gasteiger partial charge in [-0.1, -0.05) is 12.2 Å². The van der Waals surface area contributed by atoms with Gasteiger partial charge in [0.1, 0.15) is 6.29 Å². The van der Waals surface area contributed by atoms with E-state index in [1.54, 1.807) is 18.2 Å². The van der Waals surface area contributed by atoms with Crippen molar-refractivity contribution in [1.29, 1.82) is 0 Å². The first kappa shape index (κ1) is 5.09. The highest BCUT2D eigenvalue weighted by atomic mass is 16.1. The van der Waals surface area contributed by atoms with Crippen LogP contribution in [0.2, 0.25) is 0 Å². The van der Waals surface area contributed by atoms with Crippen molar-refractivity contribution in [1.82, 2.24) is 0 Å². The lowest BCUT2D eigenvalue weighted by atomic mass is 10.2. The second-order valence-corrected chi connectivity index (χ2v) is 1.71. The Morgan fingerprint density at radius 3 is 2.75 bits per heavy atom. The van der Waals surface area contributed by atoms with Crippen molar-refractivity contribution >= 4 is 6.29 Å². The molecular formula is C6H7NO. The molecule has 2 N–H and O–H groups in total. The number of rotatable bonds is 1. The quantitative estimate of drug-likeness (QED) is 0.489. The van der Waals surface area contributed by atoms with Crippen molar-refractivity contribution in [3.8, 4) is 0 Å². The monoisotopic (exact) mass is 109 g/mol. The number of aldehydes is 1. The summed E-state index contributed by atoms with van der Waals surface area (Å²) >= 11 is 0. The zero-order chi connectivity index (χ0) is 5.98. The van der Waals surface area contributed by atoms with E-state index in [0.717, 1.165) is 6.29 Å². The first-order valence-electron chi connectivity index (χ1n) is 2.44. The molecule has 0 saturated carbocycles. The highest BCUT2D eigenvalue weighted by Crippen LogP contribution is 2.10. The topological polar surface area (TPSA) is 43.1 Å². The Morgan fingerprint density at radius 1 is 1.75 bits per heavy atom. The van der Waals surface area contributed by atoms with Gasteiger partial charge in [0.15, 0.2) is 0 Å². The number of carbonyl (C=O) groups is 1. The summed E-state index contributed by atoms with van der Waals surface area (Å²) in [7, 11) is 0. The van der Waals surface area contributed by atoms with Gasteiger partial charge in [-0.2, -0.15) is 0 Å². The second-order valence-electron chi connectivity index (χ2n) is 1.71. The van der Waals surface area contributed by atoms with Crippen LogP contribution in [0.4, 0.5) is 0 Å². The standard InChI is InChI=1S/C6H7NO/c7-6-3-1-2-5(6)4-8/h1-5H,7H2/t5-/m0/s1. The Balaban J connectivity index is 2.71. The highest BCUT2D eigenvalue weighted by Gasteiger charge is 2.07. The lowest BCUT2D eigenvalue weighted by Gasteiger charge is -1.95. The van der Waals surface area contributed by atoms with Gasteiger partial charge in [0.25, 0.3) is 0 Å². The molecule has 8 heavy (non-hydrogen) atoms. The molecule has 2 heteroatoms. The summed E-state index contributed by atoms with van der Waals surface area (Å²) < 4.78 is 0. The van der Waals surface area contributed by atoms with Gasteiger partial charge in [0, 0.05) is 5.70 Å². The molecule has 1 rings (SSSR count). The average Bonchev–Trinajstić information content (AvgIpc) is 2.14. The van der Waals surface area contributed by atoms with Crippen LogP contribution in [0, 0.1) is 5.92 Å². The minimum Gasteiger partial charge on any atom is -0.401 e. The van der Waals surface area contributed by atoms with Crippen LogP contribution in [0.15, 0.2) is 23.9 Å². The smallest absolute Gasteiger partial charge is 0.132 e. The van der Waals surface area contributed by atoms with E-state index in [1.807, 2.05) is 0 Å². The molecule has 0 fully saturated rings. The second kappa shape index (κ2) is 1.82. The molecule has 0 aliphatic heterocycles.